The molecule has 0 bridgehead atoms. The van der Waals surface area contributed by atoms with Crippen molar-refractivity contribution in [1.29, 1.82) is 0 Å². The van der Waals surface area contributed by atoms with Crippen molar-refractivity contribution in [2.45, 2.75) is 11.3 Å². The van der Waals surface area contributed by atoms with Crippen molar-refractivity contribution in [2.24, 2.45) is 0 Å². The number of hydrogen-bond acceptors (Lipinski definition) is 2. The van der Waals surface area contributed by atoms with Crippen LogP contribution >= 0.6 is 12.6 Å². The largest absolute Gasteiger partial charge is 0.497 e. The van der Waals surface area contributed by atoms with Crippen LogP contribution in [0.25, 0.3) is 0 Å². The minimum atomic E-state index is 0.886. The molecule has 1 nitrogen and oxygen atoms in total. The van der Waals surface area contributed by atoms with E-state index in [1.165, 1.54) is 11.1 Å². The Morgan fingerprint density at radius 1 is 1.06 bits per heavy atom. The van der Waals surface area contributed by atoms with Gasteiger partial charge in [-0.2, -0.15) is 0 Å². The van der Waals surface area contributed by atoms with E-state index in [1.54, 1.807) is 7.11 Å². The highest BCUT2D eigenvalue weighted by atomic mass is 32.1. The zero-order valence-corrected chi connectivity index (χ0v) is 10.1. The molecule has 0 atom stereocenters. The molecule has 2 aromatic rings. The van der Waals surface area contributed by atoms with Crippen LogP contribution in [0.2, 0.25) is 0 Å². The molecule has 16 heavy (non-hydrogen) atoms. The summed E-state index contributed by atoms with van der Waals surface area (Å²) in [7, 11) is 1.69. The maximum atomic E-state index is 5.20. The SMILES string of the molecule is COc1cccc(Cc2ccccc2S)c1. The van der Waals surface area contributed by atoms with E-state index in [9.17, 15) is 0 Å². The van der Waals surface area contributed by atoms with Gasteiger partial charge < -0.3 is 4.74 Å². The fourth-order valence-electron chi connectivity index (χ4n) is 1.66. The van der Waals surface area contributed by atoms with E-state index in [-0.39, 0.29) is 0 Å². The van der Waals surface area contributed by atoms with Crippen molar-refractivity contribution in [3.8, 4) is 5.75 Å². The smallest absolute Gasteiger partial charge is 0.119 e. The topological polar surface area (TPSA) is 9.23 Å². The van der Waals surface area contributed by atoms with E-state index in [0.29, 0.717) is 0 Å². The number of rotatable bonds is 3. The second kappa shape index (κ2) is 5.08. The predicted molar refractivity (Wildman–Crippen MR) is 69.5 cm³/mol. The van der Waals surface area contributed by atoms with Crippen LogP contribution in [0.5, 0.6) is 5.75 Å². The normalized spacial score (nSPS) is 10.1. The molecule has 0 unspecified atom stereocenters. The van der Waals surface area contributed by atoms with Crippen LogP contribution in [0, 0.1) is 0 Å². The molecule has 0 fully saturated rings. The molecule has 2 heteroatoms. The van der Waals surface area contributed by atoms with Crippen LogP contribution in [0.15, 0.2) is 53.4 Å². The second-order valence-electron chi connectivity index (χ2n) is 3.66. The lowest BCUT2D eigenvalue weighted by Crippen LogP contribution is -1.91. The number of hydrogen-bond donors (Lipinski definition) is 1. The maximum absolute atomic E-state index is 5.20. The van der Waals surface area contributed by atoms with E-state index in [1.807, 2.05) is 30.3 Å². The number of thiol groups is 1. The predicted octanol–water partition coefficient (Wildman–Crippen LogP) is 3.57. The monoisotopic (exact) mass is 230 g/mol. The first kappa shape index (κ1) is 11.1. The molecule has 0 amide bonds. The first-order valence-corrected chi connectivity index (χ1v) is 5.64. The van der Waals surface area contributed by atoms with Crippen LogP contribution < -0.4 is 4.74 Å². The summed E-state index contributed by atoms with van der Waals surface area (Å²) in [5.74, 6) is 0.897. The van der Waals surface area contributed by atoms with Crippen molar-refractivity contribution >= 4 is 12.6 Å². The Labute approximate surface area is 101 Å². The van der Waals surface area contributed by atoms with E-state index < -0.39 is 0 Å². The summed E-state index contributed by atoms with van der Waals surface area (Å²) in [6.07, 6.45) is 0.886. The molecule has 0 radical (unpaired) electrons. The van der Waals surface area contributed by atoms with Gasteiger partial charge in [-0.05, 0) is 35.7 Å². The molecule has 2 aromatic carbocycles. The van der Waals surface area contributed by atoms with Gasteiger partial charge >= 0.3 is 0 Å². The molecule has 2 rings (SSSR count). The summed E-state index contributed by atoms with van der Waals surface area (Å²) in [6, 6.07) is 16.3. The standard InChI is InChI=1S/C14H14OS/c1-15-13-7-4-5-11(10-13)9-12-6-2-3-8-14(12)16/h2-8,10,16H,9H2,1H3. The summed E-state index contributed by atoms with van der Waals surface area (Å²) in [4.78, 5) is 1.03. The summed E-state index contributed by atoms with van der Waals surface area (Å²) in [6.45, 7) is 0. The fourth-order valence-corrected chi connectivity index (χ4v) is 1.90. The highest BCUT2D eigenvalue weighted by Gasteiger charge is 2.00. The van der Waals surface area contributed by atoms with Crippen LogP contribution in [-0.4, -0.2) is 7.11 Å². The van der Waals surface area contributed by atoms with Gasteiger partial charge in [-0.15, -0.1) is 12.6 Å². The summed E-state index contributed by atoms with van der Waals surface area (Å²) < 4.78 is 5.20. The average molecular weight is 230 g/mol. The third-order valence-corrected chi connectivity index (χ3v) is 2.96. The minimum absolute atomic E-state index is 0.886. The van der Waals surface area contributed by atoms with Crippen molar-refractivity contribution in [1.82, 2.24) is 0 Å². The third kappa shape index (κ3) is 2.58. The first-order valence-electron chi connectivity index (χ1n) is 5.19. The molecule has 82 valence electrons. The molecular weight excluding hydrogens is 216 g/mol. The van der Waals surface area contributed by atoms with Gasteiger partial charge in [0.25, 0.3) is 0 Å². The molecule has 0 N–H and O–H groups in total. The van der Waals surface area contributed by atoms with Gasteiger partial charge in [0, 0.05) is 4.90 Å². The molecule has 0 aliphatic carbocycles. The zero-order chi connectivity index (χ0) is 11.4. The molecule has 0 spiro atoms. The summed E-state index contributed by atoms with van der Waals surface area (Å²) in [5.41, 5.74) is 2.47. The van der Waals surface area contributed by atoms with E-state index in [4.69, 9.17) is 4.74 Å². The fraction of sp³-hybridized carbons (Fsp3) is 0.143. The molecule has 0 aliphatic heterocycles. The third-order valence-electron chi connectivity index (χ3n) is 2.52. The number of benzene rings is 2. The van der Waals surface area contributed by atoms with E-state index in [2.05, 4.69) is 30.8 Å². The first-order chi connectivity index (χ1) is 7.79. The van der Waals surface area contributed by atoms with Gasteiger partial charge in [0.15, 0.2) is 0 Å². The molecule has 0 aromatic heterocycles. The summed E-state index contributed by atoms with van der Waals surface area (Å²) >= 11 is 4.45. The van der Waals surface area contributed by atoms with Crippen molar-refractivity contribution in [2.75, 3.05) is 7.11 Å². The second-order valence-corrected chi connectivity index (χ2v) is 4.14. The zero-order valence-electron chi connectivity index (χ0n) is 9.18. The molecule has 0 aliphatic rings. The Morgan fingerprint density at radius 3 is 2.62 bits per heavy atom. The molecule has 0 heterocycles. The van der Waals surface area contributed by atoms with Gasteiger partial charge in [-0.3, -0.25) is 0 Å². The van der Waals surface area contributed by atoms with Gasteiger partial charge in [-0.1, -0.05) is 30.3 Å². The van der Waals surface area contributed by atoms with Crippen molar-refractivity contribution in [3.63, 3.8) is 0 Å². The van der Waals surface area contributed by atoms with Gasteiger partial charge in [-0.25, -0.2) is 0 Å². The Bertz CT molecular complexity index is 480. The van der Waals surface area contributed by atoms with Crippen LogP contribution in [0.4, 0.5) is 0 Å². The minimum Gasteiger partial charge on any atom is -0.497 e. The Balaban J connectivity index is 2.24. The average Bonchev–Trinajstić information content (AvgIpc) is 2.32. The lowest BCUT2D eigenvalue weighted by Gasteiger charge is -2.06. The quantitative estimate of drug-likeness (QED) is 0.793. The van der Waals surface area contributed by atoms with Crippen LogP contribution in [0.1, 0.15) is 11.1 Å². The maximum Gasteiger partial charge on any atom is 0.119 e. The number of ether oxygens (including phenoxy) is 1. The molecular formula is C14H14OS. The Hall–Kier alpha value is -1.41. The highest BCUT2D eigenvalue weighted by Crippen LogP contribution is 2.20. The van der Waals surface area contributed by atoms with Gasteiger partial charge in [0.1, 0.15) is 5.75 Å². The highest BCUT2D eigenvalue weighted by molar-refractivity contribution is 7.80. The van der Waals surface area contributed by atoms with Crippen LogP contribution in [0.3, 0.4) is 0 Å². The number of methoxy groups -OCH3 is 1. The molecule has 0 saturated heterocycles. The Morgan fingerprint density at radius 2 is 1.88 bits per heavy atom. The molecule has 0 saturated carbocycles. The summed E-state index contributed by atoms with van der Waals surface area (Å²) in [5, 5.41) is 0. The van der Waals surface area contributed by atoms with E-state index in [0.717, 1.165) is 17.1 Å². The Kier molecular flexibility index (Phi) is 3.52. The van der Waals surface area contributed by atoms with E-state index >= 15 is 0 Å². The van der Waals surface area contributed by atoms with Gasteiger partial charge in [0.2, 0.25) is 0 Å². The van der Waals surface area contributed by atoms with Crippen LogP contribution in [-0.2, 0) is 6.42 Å². The van der Waals surface area contributed by atoms with Crippen molar-refractivity contribution in [3.05, 3.63) is 59.7 Å². The lowest BCUT2D eigenvalue weighted by atomic mass is 10.0. The van der Waals surface area contributed by atoms with Crippen molar-refractivity contribution < 1.29 is 4.74 Å². The van der Waals surface area contributed by atoms with Gasteiger partial charge in [0.05, 0.1) is 7.11 Å². The lowest BCUT2D eigenvalue weighted by molar-refractivity contribution is 0.414.